The minimum Gasteiger partial charge on any atom is -0.399 e. The van der Waals surface area contributed by atoms with Crippen LogP contribution in [0.5, 0.6) is 0 Å². The van der Waals surface area contributed by atoms with E-state index in [-0.39, 0.29) is 21.5 Å². The lowest BCUT2D eigenvalue weighted by atomic mass is 10.3. The Kier molecular flexibility index (Phi) is 6.09. The lowest BCUT2D eigenvalue weighted by Gasteiger charge is -2.21. The minimum absolute atomic E-state index is 0.0136. The van der Waals surface area contributed by atoms with Crippen molar-refractivity contribution in [1.29, 1.82) is 0 Å². The van der Waals surface area contributed by atoms with Gasteiger partial charge in [-0.3, -0.25) is 0 Å². The summed E-state index contributed by atoms with van der Waals surface area (Å²) in [6.45, 7) is 4.92. The molecule has 0 amide bonds. The van der Waals surface area contributed by atoms with Crippen LogP contribution >= 0.6 is 23.2 Å². The number of anilines is 1. The fourth-order valence-electron chi connectivity index (χ4n) is 1.52. The lowest BCUT2D eigenvalue weighted by Crippen LogP contribution is -2.36. The molecule has 0 unspecified atom stereocenters. The van der Waals surface area contributed by atoms with E-state index >= 15 is 0 Å². The van der Waals surface area contributed by atoms with E-state index in [0.717, 1.165) is 0 Å². The SMILES string of the molecule is CC(C)N(C)CCNS(=O)(=O)c1c(Cl)cc(N)cc1Cl. The third-order valence-electron chi connectivity index (χ3n) is 2.93. The summed E-state index contributed by atoms with van der Waals surface area (Å²) in [6.07, 6.45) is 0. The number of benzene rings is 1. The summed E-state index contributed by atoms with van der Waals surface area (Å²) in [6, 6.07) is 3.06. The number of sulfonamides is 1. The minimum atomic E-state index is -3.76. The van der Waals surface area contributed by atoms with Gasteiger partial charge in [0.05, 0.1) is 10.0 Å². The molecule has 0 spiro atoms. The highest BCUT2D eigenvalue weighted by molar-refractivity contribution is 7.89. The molecule has 0 saturated heterocycles. The number of hydrogen-bond acceptors (Lipinski definition) is 4. The first kappa shape index (κ1) is 17.5. The van der Waals surface area contributed by atoms with Gasteiger partial charge >= 0.3 is 0 Å². The van der Waals surface area contributed by atoms with Gasteiger partial charge in [-0.1, -0.05) is 23.2 Å². The molecule has 3 N–H and O–H groups in total. The molecule has 0 aliphatic rings. The van der Waals surface area contributed by atoms with Gasteiger partial charge in [-0.05, 0) is 33.0 Å². The van der Waals surface area contributed by atoms with Crippen molar-refractivity contribution in [2.75, 3.05) is 25.9 Å². The molecule has 1 aromatic carbocycles. The zero-order valence-electron chi connectivity index (χ0n) is 11.7. The van der Waals surface area contributed by atoms with Crippen LogP contribution < -0.4 is 10.5 Å². The molecule has 0 saturated carbocycles. The Morgan fingerprint density at radius 1 is 1.30 bits per heavy atom. The summed E-state index contributed by atoms with van der Waals surface area (Å²) in [5.41, 5.74) is 5.87. The fourth-order valence-corrected chi connectivity index (χ4v) is 3.77. The van der Waals surface area contributed by atoms with E-state index in [2.05, 4.69) is 4.72 Å². The standard InChI is InChI=1S/C12H19Cl2N3O2S/c1-8(2)17(3)5-4-16-20(18,19)12-10(13)6-9(15)7-11(12)14/h6-8,16H,4-5,15H2,1-3H3. The Hall–Kier alpha value is -0.530. The van der Waals surface area contributed by atoms with Crippen molar-refractivity contribution in [3.8, 4) is 0 Å². The average molecular weight is 340 g/mol. The first-order valence-corrected chi connectivity index (χ1v) is 8.33. The molecule has 0 bridgehead atoms. The molecule has 1 rings (SSSR count). The van der Waals surface area contributed by atoms with Gasteiger partial charge < -0.3 is 10.6 Å². The summed E-state index contributed by atoms with van der Waals surface area (Å²) >= 11 is 11.8. The highest BCUT2D eigenvalue weighted by Gasteiger charge is 2.22. The van der Waals surface area contributed by atoms with Gasteiger partial charge in [0.1, 0.15) is 4.90 Å². The molecule has 8 heteroatoms. The maximum absolute atomic E-state index is 12.2. The van der Waals surface area contributed by atoms with E-state index in [1.165, 1.54) is 12.1 Å². The summed E-state index contributed by atoms with van der Waals surface area (Å²) in [4.78, 5) is 1.89. The van der Waals surface area contributed by atoms with Crippen molar-refractivity contribution in [2.24, 2.45) is 0 Å². The van der Waals surface area contributed by atoms with Gasteiger partial charge in [0.2, 0.25) is 10.0 Å². The van der Waals surface area contributed by atoms with E-state index in [9.17, 15) is 8.42 Å². The van der Waals surface area contributed by atoms with Crippen molar-refractivity contribution >= 4 is 38.9 Å². The van der Waals surface area contributed by atoms with Gasteiger partial charge in [-0.25, -0.2) is 13.1 Å². The fraction of sp³-hybridized carbons (Fsp3) is 0.500. The highest BCUT2D eigenvalue weighted by atomic mass is 35.5. The van der Waals surface area contributed by atoms with Crippen LogP contribution in [0, 0.1) is 0 Å². The number of halogens is 2. The molecule has 0 aliphatic heterocycles. The number of nitrogens with two attached hydrogens (primary N) is 1. The number of nitrogens with zero attached hydrogens (tertiary/aromatic N) is 1. The number of nitrogen functional groups attached to an aromatic ring is 1. The zero-order valence-corrected chi connectivity index (χ0v) is 14.0. The van der Waals surface area contributed by atoms with Gasteiger partial charge in [0.25, 0.3) is 0 Å². The molecule has 0 aromatic heterocycles. The Morgan fingerprint density at radius 2 is 1.80 bits per heavy atom. The molecule has 0 radical (unpaired) electrons. The average Bonchev–Trinajstić information content (AvgIpc) is 2.26. The van der Waals surface area contributed by atoms with Gasteiger partial charge in [0, 0.05) is 24.8 Å². The zero-order chi connectivity index (χ0) is 15.5. The molecule has 1 aromatic rings. The van der Waals surface area contributed by atoms with Gasteiger partial charge in [-0.15, -0.1) is 0 Å². The summed E-state index contributed by atoms with van der Waals surface area (Å²) in [5, 5.41) is 0.0272. The van der Waals surface area contributed by atoms with Crippen LogP contribution in [0.1, 0.15) is 13.8 Å². The second-order valence-corrected chi connectivity index (χ2v) is 7.30. The van der Waals surface area contributed by atoms with Crippen LogP contribution in [0.15, 0.2) is 17.0 Å². The predicted molar refractivity (Wildman–Crippen MR) is 83.8 cm³/mol. The first-order chi connectivity index (χ1) is 9.15. The van der Waals surface area contributed by atoms with Crippen LogP contribution in [0.4, 0.5) is 5.69 Å². The predicted octanol–water partition coefficient (Wildman–Crippen LogP) is 2.19. The van der Waals surface area contributed by atoms with Crippen LogP contribution in [0.25, 0.3) is 0 Å². The molecular weight excluding hydrogens is 321 g/mol. The topological polar surface area (TPSA) is 75.4 Å². The third kappa shape index (κ3) is 4.49. The van der Waals surface area contributed by atoms with Crippen molar-refractivity contribution in [3.05, 3.63) is 22.2 Å². The van der Waals surface area contributed by atoms with Gasteiger partial charge in [0.15, 0.2) is 0 Å². The molecule has 114 valence electrons. The molecule has 0 heterocycles. The Bertz CT molecular complexity index is 553. The maximum Gasteiger partial charge on any atom is 0.243 e. The maximum atomic E-state index is 12.2. The molecular formula is C12H19Cl2N3O2S. The normalized spacial score (nSPS) is 12.3. The Morgan fingerprint density at radius 3 is 2.25 bits per heavy atom. The summed E-state index contributed by atoms with van der Waals surface area (Å²) in [7, 11) is -1.84. The van der Waals surface area contributed by atoms with E-state index in [4.69, 9.17) is 28.9 Å². The Balaban J connectivity index is 2.85. The molecule has 0 aliphatic carbocycles. The monoisotopic (exact) mass is 339 g/mol. The van der Waals surface area contributed by atoms with E-state index in [1.807, 2.05) is 25.8 Å². The van der Waals surface area contributed by atoms with Crippen LogP contribution in [0.2, 0.25) is 10.0 Å². The molecule has 0 atom stereocenters. The quantitative estimate of drug-likeness (QED) is 0.779. The van der Waals surface area contributed by atoms with E-state index in [1.54, 1.807) is 0 Å². The molecule has 20 heavy (non-hydrogen) atoms. The van der Waals surface area contributed by atoms with Crippen molar-refractivity contribution < 1.29 is 8.42 Å². The van der Waals surface area contributed by atoms with Crippen LogP contribution in [0.3, 0.4) is 0 Å². The number of hydrogen-bond donors (Lipinski definition) is 2. The van der Waals surface area contributed by atoms with Crippen molar-refractivity contribution in [3.63, 3.8) is 0 Å². The third-order valence-corrected chi connectivity index (χ3v) is 5.31. The number of likely N-dealkylation sites (N-methyl/N-ethyl adjacent to an activating group) is 1. The molecule has 0 fully saturated rings. The second-order valence-electron chi connectivity index (χ2n) is 4.79. The highest BCUT2D eigenvalue weighted by Crippen LogP contribution is 2.31. The van der Waals surface area contributed by atoms with Crippen LogP contribution in [-0.4, -0.2) is 39.5 Å². The van der Waals surface area contributed by atoms with E-state index < -0.39 is 10.0 Å². The smallest absolute Gasteiger partial charge is 0.243 e. The summed E-state index contributed by atoms with van der Waals surface area (Å²) in [5.74, 6) is 0. The Labute approximate surface area is 130 Å². The lowest BCUT2D eigenvalue weighted by molar-refractivity contribution is 0.278. The van der Waals surface area contributed by atoms with Crippen molar-refractivity contribution in [2.45, 2.75) is 24.8 Å². The number of rotatable bonds is 6. The first-order valence-electron chi connectivity index (χ1n) is 6.09. The second kappa shape index (κ2) is 6.95. The van der Waals surface area contributed by atoms with Crippen molar-refractivity contribution in [1.82, 2.24) is 9.62 Å². The number of nitrogens with one attached hydrogen (secondary N) is 1. The van der Waals surface area contributed by atoms with Gasteiger partial charge in [-0.2, -0.15) is 0 Å². The van der Waals surface area contributed by atoms with E-state index in [0.29, 0.717) is 18.3 Å². The van der Waals surface area contributed by atoms with Crippen LogP contribution in [-0.2, 0) is 10.0 Å². The summed E-state index contributed by atoms with van der Waals surface area (Å²) < 4.78 is 26.9. The largest absolute Gasteiger partial charge is 0.399 e. The molecule has 5 nitrogen and oxygen atoms in total.